The molecule has 0 saturated heterocycles. The molecule has 1 aliphatic rings. The van der Waals surface area contributed by atoms with Gasteiger partial charge in [0.1, 0.15) is 0 Å². The van der Waals surface area contributed by atoms with Crippen LogP contribution in [-0.2, 0) is 4.74 Å². The molecule has 5 nitrogen and oxygen atoms in total. The summed E-state index contributed by atoms with van der Waals surface area (Å²) >= 11 is 0. The first-order chi connectivity index (χ1) is 9.26. The van der Waals surface area contributed by atoms with Crippen LogP contribution in [0.1, 0.15) is 52.4 Å². The molecule has 0 aromatic heterocycles. The number of nitrogens with zero attached hydrogens (tertiary/aromatic N) is 1. The number of hydrazine groups is 1. The number of nitrogens with two attached hydrogens (primary N) is 1. The summed E-state index contributed by atoms with van der Waals surface area (Å²) in [6, 6.07) is 0. The zero-order valence-corrected chi connectivity index (χ0v) is 12.5. The van der Waals surface area contributed by atoms with E-state index in [1.54, 1.807) is 0 Å². The third-order valence-corrected chi connectivity index (χ3v) is 4.09. The lowest BCUT2D eigenvalue weighted by Crippen LogP contribution is -2.43. The number of ether oxygens (including phenoxy) is 1. The molecule has 1 fully saturated rings. The highest BCUT2D eigenvalue weighted by Crippen LogP contribution is 2.41. The standard InChI is InChI=1S/C14H30N4O/c1-3-14(8-5-6-9-14)12-17-13(18-15)16-10-7-11-19-4-2/h3-12,15H2,1-2H3,(H2,16,17,18). The Morgan fingerprint density at radius 3 is 2.63 bits per heavy atom. The predicted octanol–water partition coefficient (Wildman–Crippen LogP) is 1.79. The molecule has 5 heteroatoms. The van der Waals surface area contributed by atoms with Crippen LogP contribution in [0.5, 0.6) is 0 Å². The second-order valence-electron chi connectivity index (χ2n) is 5.35. The zero-order chi connectivity index (χ0) is 14.0. The molecule has 19 heavy (non-hydrogen) atoms. The summed E-state index contributed by atoms with van der Waals surface area (Å²) in [5, 5.41) is 3.23. The summed E-state index contributed by atoms with van der Waals surface area (Å²) in [5.74, 6) is 6.21. The molecule has 0 amide bonds. The lowest BCUT2D eigenvalue weighted by Gasteiger charge is -2.25. The van der Waals surface area contributed by atoms with Crippen molar-refractivity contribution in [2.24, 2.45) is 16.3 Å². The molecular formula is C14H30N4O. The average molecular weight is 270 g/mol. The molecule has 0 atom stereocenters. The third-order valence-electron chi connectivity index (χ3n) is 4.09. The lowest BCUT2D eigenvalue weighted by molar-refractivity contribution is 0.145. The van der Waals surface area contributed by atoms with E-state index in [4.69, 9.17) is 10.6 Å². The molecule has 4 N–H and O–H groups in total. The van der Waals surface area contributed by atoms with Crippen molar-refractivity contribution < 1.29 is 4.74 Å². The lowest BCUT2D eigenvalue weighted by atomic mass is 9.84. The van der Waals surface area contributed by atoms with Crippen LogP contribution in [0.15, 0.2) is 4.99 Å². The molecule has 0 bridgehead atoms. The maximum atomic E-state index is 5.51. The molecule has 0 spiro atoms. The van der Waals surface area contributed by atoms with E-state index >= 15 is 0 Å². The minimum atomic E-state index is 0.412. The van der Waals surface area contributed by atoms with E-state index in [9.17, 15) is 0 Å². The molecule has 0 aliphatic heterocycles. The van der Waals surface area contributed by atoms with Crippen LogP contribution in [0.3, 0.4) is 0 Å². The molecule has 0 unspecified atom stereocenters. The van der Waals surface area contributed by atoms with Gasteiger partial charge in [-0.05, 0) is 38.0 Å². The summed E-state index contributed by atoms with van der Waals surface area (Å²) in [7, 11) is 0. The topological polar surface area (TPSA) is 71.7 Å². The van der Waals surface area contributed by atoms with E-state index in [2.05, 4.69) is 22.7 Å². The van der Waals surface area contributed by atoms with Gasteiger partial charge in [-0.25, -0.2) is 5.84 Å². The van der Waals surface area contributed by atoms with Gasteiger partial charge >= 0.3 is 0 Å². The van der Waals surface area contributed by atoms with Gasteiger partial charge in [-0.15, -0.1) is 0 Å². The van der Waals surface area contributed by atoms with Crippen LogP contribution in [0, 0.1) is 5.41 Å². The van der Waals surface area contributed by atoms with Gasteiger partial charge in [-0.2, -0.15) is 0 Å². The van der Waals surface area contributed by atoms with Gasteiger partial charge in [0.15, 0.2) is 0 Å². The molecule has 1 saturated carbocycles. The van der Waals surface area contributed by atoms with Crippen molar-refractivity contribution in [2.45, 2.75) is 52.4 Å². The van der Waals surface area contributed by atoms with Crippen LogP contribution in [-0.4, -0.2) is 32.3 Å². The number of guanidine groups is 1. The van der Waals surface area contributed by atoms with Crippen molar-refractivity contribution in [3.8, 4) is 0 Å². The van der Waals surface area contributed by atoms with Crippen LogP contribution in [0.2, 0.25) is 0 Å². The summed E-state index contributed by atoms with van der Waals surface area (Å²) in [6.45, 7) is 7.54. The molecular weight excluding hydrogens is 240 g/mol. The normalized spacial score (nSPS) is 18.6. The van der Waals surface area contributed by atoms with Gasteiger partial charge in [0.05, 0.1) is 0 Å². The van der Waals surface area contributed by atoms with Crippen LogP contribution in [0.25, 0.3) is 0 Å². The van der Waals surface area contributed by atoms with Gasteiger partial charge in [0, 0.05) is 26.3 Å². The maximum Gasteiger partial charge on any atom is 0.205 e. The Morgan fingerprint density at radius 1 is 1.32 bits per heavy atom. The Hall–Kier alpha value is -0.810. The van der Waals surface area contributed by atoms with Crippen molar-refractivity contribution in [1.82, 2.24) is 10.7 Å². The zero-order valence-electron chi connectivity index (χ0n) is 12.5. The number of rotatable bonds is 8. The number of aliphatic imine (C=N–C) groups is 1. The van der Waals surface area contributed by atoms with E-state index in [1.807, 2.05) is 6.92 Å². The van der Waals surface area contributed by atoms with Gasteiger partial charge < -0.3 is 10.1 Å². The molecule has 112 valence electrons. The average Bonchev–Trinajstić information content (AvgIpc) is 2.91. The van der Waals surface area contributed by atoms with Crippen LogP contribution in [0.4, 0.5) is 0 Å². The Kier molecular flexibility index (Phi) is 7.82. The van der Waals surface area contributed by atoms with Gasteiger partial charge in [0.2, 0.25) is 5.96 Å². The minimum absolute atomic E-state index is 0.412. The van der Waals surface area contributed by atoms with Gasteiger partial charge in [-0.1, -0.05) is 19.8 Å². The first-order valence-corrected chi connectivity index (χ1v) is 7.59. The van der Waals surface area contributed by atoms with Crippen molar-refractivity contribution in [2.75, 3.05) is 26.3 Å². The van der Waals surface area contributed by atoms with E-state index in [-0.39, 0.29) is 0 Å². The number of hydrogen-bond acceptors (Lipinski definition) is 3. The van der Waals surface area contributed by atoms with Gasteiger partial charge in [0.25, 0.3) is 0 Å². The molecule has 0 radical (unpaired) electrons. The largest absolute Gasteiger partial charge is 0.382 e. The first kappa shape index (κ1) is 16.2. The second-order valence-corrected chi connectivity index (χ2v) is 5.35. The Labute approximate surface area is 117 Å². The molecule has 1 aliphatic carbocycles. The second kappa shape index (κ2) is 9.15. The van der Waals surface area contributed by atoms with Crippen molar-refractivity contribution in [3.63, 3.8) is 0 Å². The van der Waals surface area contributed by atoms with Gasteiger partial charge in [-0.3, -0.25) is 10.4 Å². The van der Waals surface area contributed by atoms with Crippen molar-refractivity contribution in [1.29, 1.82) is 0 Å². The fraction of sp³-hybridized carbons (Fsp3) is 0.929. The fourth-order valence-corrected chi connectivity index (χ4v) is 2.67. The Balaban J connectivity index is 2.30. The smallest absolute Gasteiger partial charge is 0.205 e. The summed E-state index contributed by atoms with van der Waals surface area (Å²) in [6.07, 6.45) is 7.46. The Morgan fingerprint density at radius 2 is 2.05 bits per heavy atom. The highest BCUT2D eigenvalue weighted by Gasteiger charge is 2.31. The quantitative estimate of drug-likeness (QED) is 0.207. The van der Waals surface area contributed by atoms with Crippen LogP contribution >= 0.6 is 0 Å². The predicted molar refractivity (Wildman–Crippen MR) is 79.9 cm³/mol. The summed E-state index contributed by atoms with van der Waals surface area (Å²) < 4.78 is 5.29. The Bertz CT molecular complexity index is 262. The summed E-state index contributed by atoms with van der Waals surface area (Å²) in [4.78, 5) is 4.61. The third kappa shape index (κ3) is 5.78. The van der Waals surface area contributed by atoms with Crippen molar-refractivity contribution >= 4 is 5.96 Å². The molecule has 0 aromatic carbocycles. The number of hydrogen-bond donors (Lipinski definition) is 3. The first-order valence-electron chi connectivity index (χ1n) is 7.59. The highest BCUT2D eigenvalue weighted by atomic mass is 16.5. The highest BCUT2D eigenvalue weighted by molar-refractivity contribution is 5.79. The van der Waals surface area contributed by atoms with Crippen LogP contribution < -0.4 is 16.6 Å². The summed E-state index contributed by atoms with van der Waals surface area (Å²) in [5.41, 5.74) is 3.07. The van der Waals surface area contributed by atoms with E-state index in [1.165, 1.54) is 32.1 Å². The molecule has 0 heterocycles. The fourth-order valence-electron chi connectivity index (χ4n) is 2.67. The monoisotopic (exact) mass is 270 g/mol. The van der Waals surface area contributed by atoms with E-state index < -0.39 is 0 Å². The van der Waals surface area contributed by atoms with E-state index in [0.717, 1.165) is 32.7 Å². The minimum Gasteiger partial charge on any atom is -0.382 e. The number of nitrogens with one attached hydrogen (secondary N) is 2. The molecule has 1 rings (SSSR count). The SMILES string of the molecule is CCOCCCNC(=NCC1(CC)CCCC1)NN. The van der Waals surface area contributed by atoms with Crippen molar-refractivity contribution in [3.05, 3.63) is 0 Å². The molecule has 0 aromatic rings. The van der Waals surface area contributed by atoms with E-state index in [0.29, 0.717) is 11.4 Å². The maximum absolute atomic E-state index is 5.51.